The maximum Gasteiger partial charge on any atom is 0.193 e. The summed E-state index contributed by atoms with van der Waals surface area (Å²) in [5.74, 6) is 1.82. The Kier molecular flexibility index (Phi) is 6.32. The number of benzene rings is 1. The number of hydrogen-bond donors (Lipinski definition) is 1. The quantitative estimate of drug-likeness (QED) is 0.489. The first-order valence-electron chi connectivity index (χ1n) is 8.63. The van der Waals surface area contributed by atoms with Crippen LogP contribution in [0.25, 0.3) is 0 Å². The van der Waals surface area contributed by atoms with Gasteiger partial charge in [-0.2, -0.15) is 0 Å². The van der Waals surface area contributed by atoms with E-state index in [-0.39, 0.29) is 5.75 Å². The number of rotatable bonds is 5. The first-order chi connectivity index (χ1) is 11.8. The van der Waals surface area contributed by atoms with E-state index in [2.05, 4.69) is 10.3 Å². The van der Waals surface area contributed by atoms with Crippen molar-refractivity contribution in [3.05, 3.63) is 29.8 Å². The van der Waals surface area contributed by atoms with Gasteiger partial charge in [0.2, 0.25) is 0 Å². The Morgan fingerprint density at radius 3 is 2.72 bits per heavy atom. The van der Waals surface area contributed by atoms with Gasteiger partial charge >= 0.3 is 0 Å². The van der Waals surface area contributed by atoms with Gasteiger partial charge in [-0.3, -0.25) is 4.99 Å². The van der Waals surface area contributed by atoms with Crippen molar-refractivity contribution >= 4 is 15.8 Å². The van der Waals surface area contributed by atoms with Crippen molar-refractivity contribution in [2.45, 2.75) is 31.9 Å². The molecule has 140 valence electrons. The minimum absolute atomic E-state index is 0.164. The van der Waals surface area contributed by atoms with Crippen molar-refractivity contribution < 1.29 is 13.2 Å². The lowest BCUT2D eigenvalue weighted by Crippen LogP contribution is -2.57. The maximum atomic E-state index is 12.1. The Hall–Kier alpha value is -1.76. The molecule has 7 heteroatoms. The monoisotopic (exact) mass is 367 g/mol. The largest absolute Gasteiger partial charge is 0.493 e. The van der Waals surface area contributed by atoms with Gasteiger partial charge in [-0.05, 0) is 38.8 Å². The molecule has 0 aliphatic carbocycles. The van der Waals surface area contributed by atoms with Crippen LogP contribution in [-0.2, 0) is 9.84 Å². The van der Waals surface area contributed by atoms with Crippen LogP contribution in [-0.4, -0.2) is 63.1 Å². The second-order valence-corrected chi connectivity index (χ2v) is 9.68. The lowest BCUT2D eigenvalue weighted by Gasteiger charge is -2.39. The predicted molar refractivity (Wildman–Crippen MR) is 102 cm³/mol. The van der Waals surface area contributed by atoms with Gasteiger partial charge in [-0.15, -0.1) is 0 Å². The topological polar surface area (TPSA) is 71.0 Å². The number of aryl methyl sites for hydroxylation is 1. The van der Waals surface area contributed by atoms with Gasteiger partial charge in [0, 0.05) is 26.7 Å². The van der Waals surface area contributed by atoms with Crippen LogP contribution in [0, 0.1) is 6.92 Å². The Labute approximate surface area is 151 Å². The molecule has 0 bridgehead atoms. The van der Waals surface area contributed by atoms with Gasteiger partial charge in [-0.25, -0.2) is 8.42 Å². The predicted octanol–water partition coefficient (Wildman–Crippen LogP) is 1.85. The first kappa shape index (κ1) is 19.6. The van der Waals surface area contributed by atoms with E-state index in [1.165, 1.54) is 0 Å². The van der Waals surface area contributed by atoms with Crippen LogP contribution in [0.1, 0.15) is 25.8 Å². The third-order valence-electron chi connectivity index (χ3n) is 4.51. The third kappa shape index (κ3) is 4.87. The lowest BCUT2D eigenvalue weighted by atomic mass is 10.2. The van der Waals surface area contributed by atoms with Crippen LogP contribution >= 0.6 is 0 Å². The molecule has 1 heterocycles. The summed E-state index contributed by atoms with van der Waals surface area (Å²) in [5.41, 5.74) is 1.13. The number of nitrogens with zero attached hydrogens (tertiary/aromatic N) is 2. The number of para-hydroxylation sites is 1. The summed E-state index contributed by atoms with van der Waals surface area (Å²) >= 11 is 0. The number of sulfone groups is 1. The smallest absolute Gasteiger partial charge is 0.193 e. The molecule has 0 spiro atoms. The van der Waals surface area contributed by atoms with Crippen molar-refractivity contribution in [2.75, 3.05) is 39.0 Å². The Balaban J connectivity index is 1.79. The maximum absolute atomic E-state index is 12.1. The van der Waals surface area contributed by atoms with Crippen LogP contribution in [0.2, 0.25) is 0 Å². The molecule has 1 fully saturated rings. The van der Waals surface area contributed by atoms with Crippen LogP contribution in [0.3, 0.4) is 0 Å². The normalized spacial score (nSPS) is 19.5. The fraction of sp³-hybridized carbons (Fsp3) is 0.611. The summed E-state index contributed by atoms with van der Waals surface area (Å²) in [7, 11) is -1.32. The van der Waals surface area contributed by atoms with E-state index in [9.17, 15) is 8.42 Å². The van der Waals surface area contributed by atoms with E-state index in [4.69, 9.17) is 4.74 Å². The minimum Gasteiger partial charge on any atom is -0.493 e. The van der Waals surface area contributed by atoms with Gasteiger partial charge in [0.1, 0.15) is 5.75 Å². The summed E-state index contributed by atoms with van der Waals surface area (Å²) in [6, 6.07) is 7.96. The molecule has 25 heavy (non-hydrogen) atoms. The molecule has 2 rings (SSSR count). The highest BCUT2D eigenvalue weighted by Crippen LogP contribution is 2.23. The zero-order valence-electron chi connectivity index (χ0n) is 15.6. The number of ether oxygens (including phenoxy) is 1. The van der Waals surface area contributed by atoms with Crippen molar-refractivity contribution in [3.63, 3.8) is 0 Å². The average molecular weight is 368 g/mol. The molecule has 1 aromatic rings. The van der Waals surface area contributed by atoms with Crippen LogP contribution < -0.4 is 10.1 Å². The lowest BCUT2D eigenvalue weighted by molar-refractivity contribution is 0.306. The molecule has 1 aromatic carbocycles. The molecule has 6 nitrogen and oxygen atoms in total. The van der Waals surface area contributed by atoms with Gasteiger partial charge in [0.05, 0.1) is 17.1 Å². The van der Waals surface area contributed by atoms with E-state index < -0.39 is 14.6 Å². The van der Waals surface area contributed by atoms with Crippen molar-refractivity contribution in [2.24, 2.45) is 4.99 Å². The molecule has 1 aliphatic heterocycles. The molecule has 0 unspecified atom stereocenters. The van der Waals surface area contributed by atoms with Crippen molar-refractivity contribution in [1.29, 1.82) is 0 Å². The van der Waals surface area contributed by atoms with E-state index in [0.717, 1.165) is 30.2 Å². The van der Waals surface area contributed by atoms with Crippen LogP contribution in [0.5, 0.6) is 5.75 Å². The molecule has 0 amide bonds. The Bertz CT molecular complexity index is 714. The van der Waals surface area contributed by atoms with Crippen molar-refractivity contribution in [1.82, 2.24) is 10.2 Å². The highest BCUT2D eigenvalue weighted by molar-refractivity contribution is 7.92. The highest BCUT2D eigenvalue weighted by Gasteiger charge is 2.40. The van der Waals surface area contributed by atoms with E-state index >= 15 is 0 Å². The van der Waals surface area contributed by atoms with Gasteiger partial charge in [0.25, 0.3) is 0 Å². The number of hydrogen-bond acceptors (Lipinski definition) is 4. The van der Waals surface area contributed by atoms with Gasteiger partial charge < -0.3 is 15.0 Å². The third-order valence-corrected chi connectivity index (χ3v) is 7.04. The second-order valence-electron chi connectivity index (χ2n) is 6.94. The molecule has 1 N–H and O–H groups in total. The summed E-state index contributed by atoms with van der Waals surface area (Å²) in [5, 5.41) is 3.31. The summed E-state index contributed by atoms with van der Waals surface area (Å²) in [6.45, 7) is 7.86. The SMILES string of the molecule is CN=C(NCCCOc1ccccc1C)N1CCS(=O)(=O)C(C)(C)C1. The summed E-state index contributed by atoms with van der Waals surface area (Å²) < 4.78 is 29.3. The molecular formula is C18H29N3O3S. The minimum atomic E-state index is -3.04. The molecule has 0 atom stereocenters. The van der Waals surface area contributed by atoms with Gasteiger partial charge in [0.15, 0.2) is 15.8 Å². The molecule has 0 radical (unpaired) electrons. The molecule has 1 saturated heterocycles. The average Bonchev–Trinajstić information content (AvgIpc) is 2.55. The summed E-state index contributed by atoms with van der Waals surface area (Å²) in [4.78, 5) is 6.31. The first-order valence-corrected chi connectivity index (χ1v) is 10.3. The van der Waals surface area contributed by atoms with Gasteiger partial charge in [-0.1, -0.05) is 18.2 Å². The van der Waals surface area contributed by atoms with E-state index in [0.29, 0.717) is 19.7 Å². The summed E-state index contributed by atoms with van der Waals surface area (Å²) in [6.07, 6.45) is 0.836. The van der Waals surface area contributed by atoms with Crippen molar-refractivity contribution in [3.8, 4) is 5.75 Å². The number of aliphatic imine (C=N–C) groups is 1. The highest BCUT2D eigenvalue weighted by atomic mass is 32.2. The van der Waals surface area contributed by atoms with Crippen LogP contribution in [0.15, 0.2) is 29.3 Å². The van der Waals surface area contributed by atoms with E-state index in [1.807, 2.05) is 36.1 Å². The Morgan fingerprint density at radius 1 is 1.36 bits per heavy atom. The molecular weight excluding hydrogens is 338 g/mol. The van der Waals surface area contributed by atoms with E-state index in [1.54, 1.807) is 20.9 Å². The Morgan fingerprint density at radius 2 is 2.08 bits per heavy atom. The number of nitrogens with one attached hydrogen (secondary N) is 1. The zero-order valence-corrected chi connectivity index (χ0v) is 16.4. The van der Waals surface area contributed by atoms with Crippen LogP contribution in [0.4, 0.5) is 0 Å². The molecule has 1 aliphatic rings. The fourth-order valence-electron chi connectivity index (χ4n) is 2.83. The molecule has 0 aromatic heterocycles. The second kappa shape index (κ2) is 8.08. The standard InChI is InChI=1S/C18H29N3O3S/c1-15-8-5-6-9-16(15)24-12-7-10-20-17(19-4)21-11-13-25(22,23)18(2,3)14-21/h5-6,8-9H,7,10-14H2,1-4H3,(H,19,20). The number of guanidine groups is 1. The zero-order chi connectivity index (χ0) is 18.5. The molecule has 0 saturated carbocycles. The fourth-order valence-corrected chi connectivity index (χ4v) is 4.20.